The second-order valence-electron chi connectivity index (χ2n) is 5.14. The van der Waals surface area contributed by atoms with Crippen LogP contribution in [0.3, 0.4) is 0 Å². The molecule has 0 aliphatic heterocycles. The van der Waals surface area contributed by atoms with Gasteiger partial charge in [0.25, 0.3) is 0 Å². The number of benzene rings is 1. The number of thiophene rings is 1. The molecule has 1 heterocycles. The minimum Gasteiger partial charge on any atom is -0.496 e. The topological polar surface area (TPSA) is 41.5 Å². The van der Waals surface area contributed by atoms with Crippen molar-refractivity contribution in [2.24, 2.45) is 0 Å². The third kappa shape index (κ3) is 3.82. The molecular weight excluding hydrogens is 270 g/mol. The van der Waals surface area contributed by atoms with Gasteiger partial charge in [0.05, 0.1) is 13.7 Å². The van der Waals surface area contributed by atoms with Crippen molar-refractivity contribution in [2.45, 2.75) is 25.4 Å². The number of ether oxygens (including phenoxy) is 1. The quantitative estimate of drug-likeness (QED) is 0.824. The normalized spacial score (nSPS) is 13.9. The Morgan fingerprint density at radius 1 is 1.25 bits per heavy atom. The molecule has 1 aromatic heterocycles. The van der Waals surface area contributed by atoms with E-state index in [2.05, 4.69) is 16.8 Å². The number of hydrogen-bond acceptors (Lipinski definition) is 4. The van der Waals surface area contributed by atoms with Gasteiger partial charge in [0.1, 0.15) is 5.75 Å². The summed E-state index contributed by atoms with van der Waals surface area (Å²) in [4.78, 5) is 1.27. The number of nitrogens with one attached hydrogen (secondary N) is 1. The molecule has 108 valence electrons. The summed E-state index contributed by atoms with van der Waals surface area (Å²) in [6.07, 6.45) is 0.721. The number of rotatable bonds is 7. The third-order valence-electron chi connectivity index (χ3n) is 3.39. The van der Waals surface area contributed by atoms with Crippen LogP contribution in [0.4, 0.5) is 0 Å². The van der Waals surface area contributed by atoms with Crippen molar-refractivity contribution in [3.63, 3.8) is 0 Å². The van der Waals surface area contributed by atoms with Gasteiger partial charge in [-0.2, -0.15) is 0 Å². The van der Waals surface area contributed by atoms with Crippen LogP contribution >= 0.6 is 11.3 Å². The standard InChI is InChI=1S/C16H21NO2S/c1-16(12-18,17-11-14-7-5-9-20-14)10-13-6-3-4-8-15(13)19-2/h3-9,17-18H,10-12H2,1-2H3. The summed E-state index contributed by atoms with van der Waals surface area (Å²) >= 11 is 1.72. The fraction of sp³-hybridized carbons (Fsp3) is 0.375. The molecule has 1 aromatic carbocycles. The van der Waals surface area contributed by atoms with Gasteiger partial charge in [0.2, 0.25) is 0 Å². The highest BCUT2D eigenvalue weighted by Crippen LogP contribution is 2.23. The van der Waals surface area contributed by atoms with E-state index in [0.717, 1.165) is 24.3 Å². The number of hydrogen-bond donors (Lipinski definition) is 2. The highest BCUT2D eigenvalue weighted by atomic mass is 32.1. The van der Waals surface area contributed by atoms with E-state index < -0.39 is 0 Å². The van der Waals surface area contributed by atoms with E-state index in [0.29, 0.717) is 0 Å². The molecule has 2 aromatic rings. The fourth-order valence-corrected chi connectivity index (χ4v) is 2.80. The highest BCUT2D eigenvalue weighted by molar-refractivity contribution is 7.09. The minimum absolute atomic E-state index is 0.0798. The van der Waals surface area contributed by atoms with Crippen molar-refractivity contribution in [1.29, 1.82) is 0 Å². The van der Waals surface area contributed by atoms with E-state index in [4.69, 9.17) is 4.74 Å². The summed E-state index contributed by atoms with van der Waals surface area (Å²) in [5, 5.41) is 15.3. The third-order valence-corrected chi connectivity index (χ3v) is 4.27. The molecule has 4 heteroatoms. The van der Waals surface area contributed by atoms with Crippen LogP contribution in [0, 0.1) is 0 Å². The Bertz CT molecular complexity index is 527. The zero-order valence-corrected chi connectivity index (χ0v) is 12.7. The Kier molecular flexibility index (Phi) is 5.17. The van der Waals surface area contributed by atoms with Gasteiger partial charge in [-0.3, -0.25) is 0 Å². The molecule has 2 rings (SSSR count). The lowest BCUT2D eigenvalue weighted by Gasteiger charge is -2.29. The number of methoxy groups -OCH3 is 1. The molecule has 2 N–H and O–H groups in total. The zero-order valence-electron chi connectivity index (χ0n) is 11.9. The van der Waals surface area contributed by atoms with Crippen molar-refractivity contribution in [3.05, 3.63) is 52.2 Å². The second kappa shape index (κ2) is 6.88. The molecule has 0 amide bonds. The van der Waals surface area contributed by atoms with Gasteiger partial charge in [-0.05, 0) is 36.4 Å². The number of para-hydroxylation sites is 1. The van der Waals surface area contributed by atoms with Crippen molar-refractivity contribution in [2.75, 3.05) is 13.7 Å². The molecule has 1 atom stereocenters. The molecule has 0 radical (unpaired) electrons. The Morgan fingerprint density at radius 2 is 2.05 bits per heavy atom. The maximum Gasteiger partial charge on any atom is 0.122 e. The molecule has 0 saturated heterocycles. The monoisotopic (exact) mass is 291 g/mol. The molecule has 0 spiro atoms. The molecule has 0 aliphatic rings. The van der Waals surface area contributed by atoms with Gasteiger partial charge < -0.3 is 15.2 Å². The SMILES string of the molecule is COc1ccccc1CC(C)(CO)NCc1cccs1. The van der Waals surface area contributed by atoms with Crippen LogP contribution in [-0.4, -0.2) is 24.4 Å². The summed E-state index contributed by atoms with van der Waals surface area (Å²) < 4.78 is 5.38. The van der Waals surface area contributed by atoms with Gasteiger partial charge in [-0.15, -0.1) is 11.3 Å². The maximum atomic E-state index is 9.74. The first-order valence-corrected chi connectivity index (χ1v) is 7.55. The van der Waals surface area contributed by atoms with E-state index in [-0.39, 0.29) is 12.1 Å². The van der Waals surface area contributed by atoms with E-state index in [1.165, 1.54) is 4.88 Å². The minimum atomic E-state index is -0.362. The van der Waals surface area contributed by atoms with Crippen LogP contribution in [0.1, 0.15) is 17.4 Å². The average Bonchev–Trinajstić information content (AvgIpc) is 2.99. The van der Waals surface area contributed by atoms with Gasteiger partial charge >= 0.3 is 0 Å². The van der Waals surface area contributed by atoms with Crippen LogP contribution in [0.5, 0.6) is 5.75 Å². The van der Waals surface area contributed by atoms with Crippen molar-refractivity contribution in [3.8, 4) is 5.75 Å². The van der Waals surface area contributed by atoms with Crippen LogP contribution in [0.2, 0.25) is 0 Å². The summed E-state index contributed by atoms with van der Waals surface area (Å²) in [5.41, 5.74) is 0.740. The molecule has 1 unspecified atom stereocenters. The van der Waals surface area contributed by atoms with E-state index in [1.54, 1.807) is 18.4 Å². The highest BCUT2D eigenvalue weighted by Gasteiger charge is 2.24. The number of aliphatic hydroxyl groups excluding tert-OH is 1. The van der Waals surface area contributed by atoms with Gasteiger partial charge in [-0.25, -0.2) is 0 Å². The number of aliphatic hydroxyl groups is 1. The maximum absolute atomic E-state index is 9.74. The summed E-state index contributed by atoms with van der Waals surface area (Å²) in [5.74, 6) is 0.866. The van der Waals surface area contributed by atoms with Gasteiger partial charge in [-0.1, -0.05) is 24.3 Å². The Hall–Kier alpha value is -1.36. The summed E-state index contributed by atoms with van der Waals surface area (Å²) in [6, 6.07) is 12.1. The first-order chi connectivity index (χ1) is 9.67. The Labute approximate surface area is 124 Å². The average molecular weight is 291 g/mol. The smallest absolute Gasteiger partial charge is 0.122 e. The Balaban J connectivity index is 2.06. The van der Waals surface area contributed by atoms with E-state index >= 15 is 0 Å². The lowest BCUT2D eigenvalue weighted by atomic mass is 9.93. The molecule has 20 heavy (non-hydrogen) atoms. The van der Waals surface area contributed by atoms with E-state index in [1.807, 2.05) is 37.3 Å². The van der Waals surface area contributed by atoms with Crippen LogP contribution in [-0.2, 0) is 13.0 Å². The zero-order chi connectivity index (χ0) is 14.4. The lowest BCUT2D eigenvalue weighted by Crippen LogP contribution is -2.47. The molecule has 0 fully saturated rings. The molecular formula is C16H21NO2S. The molecule has 0 saturated carbocycles. The van der Waals surface area contributed by atoms with Crippen molar-refractivity contribution < 1.29 is 9.84 Å². The molecule has 0 aliphatic carbocycles. The summed E-state index contributed by atoms with van der Waals surface area (Å²) in [7, 11) is 1.67. The largest absolute Gasteiger partial charge is 0.496 e. The first kappa shape index (κ1) is 15.0. The van der Waals surface area contributed by atoms with Gasteiger partial charge in [0, 0.05) is 17.0 Å². The van der Waals surface area contributed by atoms with Gasteiger partial charge in [0.15, 0.2) is 0 Å². The predicted molar refractivity (Wildman–Crippen MR) is 83.3 cm³/mol. The van der Waals surface area contributed by atoms with Crippen LogP contribution in [0.25, 0.3) is 0 Å². The fourth-order valence-electron chi connectivity index (χ4n) is 2.16. The first-order valence-electron chi connectivity index (χ1n) is 6.67. The molecule has 0 bridgehead atoms. The summed E-state index contributed by atoms with van der Waals surface area (Å²) in [6.45, 7) is 2.88. The van der Waals surface area contributed by atoms with E-state index in [9.17, 15) is 5.11 Å². The van der Waals surface area contributed by atoms with Crippen molar-refractivity contribution >= 4 is 11.3 Å². The van der Waals surface area contributed by atoms with Crippen molar-refractivity contribution in [1.82, 2.24) is 5.32 Å². The Morgan fingerprint density at radius 3 is 2.70 bits per heavy atom. The molecule has 3 nitrogen and oxygen atoms in total. The van der Waals surface area contributed by atoms with Crippen LogP contribution in [0.15, 0.2) is 41.8 Å². The predicted octanol–water partition coefficient (Wildman–Crippen LogP) is 2.84. The van der Waals surface area contributed by atoms with Crippen LogP contribution < -0.4 is 10.1 Å². The lowest BCUT2D eigenvalue weighted by molar-refractivity contribution is 0.172. The second-order valence-corrected chi connectivity index (χ2v) is 6.17.